The molecule has 0 saturated carbocycles. The Morgan fingerprint density at radius 2 is 1.84 bits per heavy atom. The van der Waals surface area contributed by atoms with Crippen molar-refractivity contribution in [1.29, 1.82) is 0 Å². The van der Waals surface area contributed by atoms with Crippen LogP contribution in [0.3, 0.4) is 0 Å². The Morgan fingerprint density at radius 1 is 1.05 bits per heavy atom. The topological polar surface area (TPSA) is 21.3 Å². The van der Waals surface area contributed by atoms with E-state index < -0.39 is 11.6 Å². The fourth-order valence-corrected chi connectivity index (χ4v) is 1.77. The van der Waals surface area contributed by atoms with Crippen LogP contribution in [0.1, 0.15) is 12.5 Å². The van der Waals surface area contributed by atoms with Crippen LogP contribution in [-0.4, -0.2) is 6.61 Å². The summed E-state index contributed by atoms with van der Waals surface area (Å²) >= 11 is 0. The maximum absolute atomic E-state index is 13.5. The lowest BCUT2D eigenvalue weighted by Crippen LogP contribution is -2.05. The average molecular weight is 263 g/mol. The number of halogens is 2. The highest BCUT2D eigenvalue weighted by Gasteiger charge is 2.08. The third-order valence-corrected chi connectivity index (χ3v) is 2.69. The number of para-hydroxylation sites is 2. The maximum atomic E-state index is 13.5. The van der Waals surface area contributed by atoms with E-state index in [0.717, 1.165) is 11.8 Å². The van der Waals surface area contributed by atoms with Gasteiger partial charge in [0.25, 0.3) is 0 Å². The summed E-state index contributed by atoms with van der Waals surface area (Å²) in [5.41, 5.74) is 1.04. The first kappa shape index (κ1) is 13.3. The molecule has 100 valence electrons. The molecule has 0 saturated heterocycles. The van der Waals surface area contributed by atoms with Crippen LogP contribution in [0.25, 0.3) is 0 Å². The summed E-state index contributed by atoms with van der Waals surface area (Å²) in [6, 6.07) is 11.5. The van der Waals surface area contributed by atoms with Gasteiger partial charge in [-0.1, -0.05) is 24.3 Å². The van der Waals surface area contributed by atoms with Crippen molar-refractivity contribution in [2.45, 2.75) is 13.5 Å². The second-order valence-corrected chi connectivity index (χ2v) is 4.00. The van der Waals surface area contributed by atoms with E-state index in [1.165, 1.54) is 6.07 Å². The SMILES string of the molecule is CCOc1ccccc1NCc1cccc(F)c1F. The van der Waals surface area contributed by atoms with Crippen molar-refractivity contribution in [1.82, 2.24) is 0 Å². The zero-order valence-electron chi connectivity index (χ0n) is 10.6. The molecule has 2 rings (SSSR count). The van der Waals surface area contributed by atoms with Gasteiger partial charge >= 0.3 is 0 Å². The zero-order valence-corrected chi connectivity index (χ0v) is 10.6. The minimum atomic E-state index is -0.836. The van der Waals surface area contributed by atoms with E-state index in [4.69, 9.17) is 4.74 Å². The van der Waals surface area contributed by atoms with Gasteiger partial charge < -0.3 is 10.1 Å². The molecule has 1 N–H and O–H groups in total. The van der Waals surface area contributed by atoms with Gasteiger partial charge in [-0.15, -0.1) is 0 Å². The summed E-state index contributed by atoms with van der Waals surface area (Å²) in [5, 5.41) is 3.05. The van der Waals surface area contributed by atoms with Crippen LogP contribution in [-0.2, 0) is 6.54 Å². The summed E-state index contributed by atoms with van der Waals surface area (Å²) in [4.78, 5) is 0. The molecule has 0 aliphatic carbocycles. The molecule has 0 unspecified atom stereocenters. The summed E-state index contributed by atoms with van der Waals surface area (Å²) in [5.74, 6) is -0.955. The average Bonchev–Trinajstić information content (AvgIpc) is 2.42. The minimum Gasteiger partial charge on any atom is -0.492 e. The van der Waals surface area contributed by atoms with Crippen LogP contribution < -0.4 is 10.1 Å². The van der Waals surface area contributed by atoms with E-state index in [0.29, 0.717) is 12.4 Å². The minimum absolute atomic E-state index is 0.202. The van der Waals surface area contributed by atoms with E-state index in [2.05, 4.69) is 5.32 Å². The molecule has 0 heterocycles. The molecular formula is C15H15F2NO. The van der Waals surface area contributed by atoms with Gasteiger partial charge in [-0.3, -0.25) is 0 Å². The van der Waals surface area contributed by atoms with Crippen LogP contribution >= 0.6 is 0 Å². The van der Waals surface area contributed by atoms with Gasteiger partial charge in [-0.05, 0) is 25.1 Å². The van der Waals surface area contributed by atoms with Crippen LogP contribution in [0, 0.1) is 11.6 Å². The van der Waals surface area contributed by atoms with E-state index in [-0.39, 0.29) is 12.1 Å². The Bertz CT molecular complexity index is 558. The van der Waals surface area contributed by atoms with E-state index in [1.54, 1.807) is 6.07 Å². The number of benzene rings is 2. The highest BCUT2D eigenvalue weighted by Crippen LogP contribution is 2.24. The second kappa shape index (κ2) is 6.18. The lowest BCUT2D eigenvalue weighted by atomic mass is 10.2. The van der Waals surface area contributed by atoms with Gasteiger partial charge in [-0.25, -0.2) is 8.78 Å². The number of hydrogen-bond acceptors (Lipinski definition) is 2. The summed E-state index contributed by atoms with van der Waals surface area (Å²) in [6.07, 6.45) is 0. The Hall–Kier alpha value is -2.10. The van der Waals surface area contributed by atoms with Gasteiger partial charge in [0.1, 0.15) is 5.75 Å². The summed E-state index contributed by atoms with van der Waals surface area (Å²) in [7, 11) is 0. The molecule has 0 bridgehead atoms. The molecular weight excluding hydrogens is 248 g/mol. The first-order valence-corrected chi connectivity index (χ1v) is 6.11. The summed E-state index contributed by atoms with van der Waals surface area (Å²) < 4.78 is 32.0. The Labute approximate surface area is 111 Å². The lowest BCUT2D eigenvalue weighted by molar-refractivity contribution is 0.341. The van der Waals surface area contributed by atoms with Crippen LogP contribution in [0.5, 0.6) is 5.75 Å². The quantitative estimate of drug-likeness (QED) is 0.881. The molecule has 0 amide bonds. The number of hydrogen-bond donors (Lipinski definition) is 1. The van der Waals surface area contributed by atoms with Crippen molar-refractivity contribution in [2.75, 3.05) is 11.9 Å². The molecule has 0 aliphatic rings. The Balaban J connectivity index is 2.12. The highest BCUT2D eigenvalue weighted by molar-refractivity contribution is 5.56. The molecule has 0 aromatic heterocycles. The van der Waals surface area contributed by atoms with Crippen molar-refractivity contribution in [2.24, 2.45) is 0 Å². The van der Waals surface area contributed by atoms with Crippen molar-refractivity contribution in [3.8, 4) is 5.75 Å². The third kappa shape index (κ3) is 3.22. The van der Waals surface area contributed by atoms with E-state index >= 15 is 0 Å². The molecule has 0 radical (unpaired) electrons. The molecule has 0 atom stereocenters. The number of anilines is 1. The van der Waals surface area contributed by atoms with Gasteiger partial charge in [0.2, 0.25) is 0 Å². The number of nitrogens with one attached hydrogen (secondary N) is 1. The van der Waals surface area contributed by atoms with Crippen molar-refractivity contribution < 1.29 is 13.5 Å². The van der Waals surface area contributed by atoms with E-state index in [1.807, 2.05) is 31.2 Å². The molecule has 0 aliphatic heterocycles. The molecule has 0 fully saturated rings. The van der Waals surface area contributed by atoms with Crippen LogP contribution in [0.2, 0.25) is 0 Å². The van der Waals surface area contributed by atoms with Crippen molar-refractivity contribution in [3.05, 3.63) is 59.7 Å². The summed E-state index contributed by atoms with van der Waals surface area (Å²) in [6.45, 7) is 2.64. The predicted molar refractivity (Wildman–Crippen MR) is 71.3 cm³/mol. The van der Waals surface area contributed by atoms with Gasteiger partial charge in [0.15, 0.2) is 11.6 Å². The zero-order chi connectivity index (χ0) is 13.7. The smallest absolute Gasteiger partial charge is 0.163 e. The largest absolute Gasteiger partial charge is 0.492 e. The Kier molecular flexibility index (Phi) is 4.34. The van der Waals surface area contributed by atoms with Crippen LogP contribution in [0.15, 0.2) is 42.5 Å². The van der Waals surface area contributed by atoms with Gasteiger partial charge in [0.05, 0.1) is 12.3 Å². The molecule has 2 aromatic rings. The van der Waals surface area contributed by atoms with Gasteiger partial charge in [0, 0.05) is 12.1 Å². The van der Waals surface area contributed by atoms with Crippen molar-refractivity contribution in [3.63, 3.8) is 0 Å². The number of ether oxygens (including phenoxy) is 1. The maximum Gasteiger partial charge on any atom is 0.163 e. The van der Waals surface area contributed by atoms with E-state index in [9.17, 15) is 8.78 Å². The molecule has 0 spiro atoms. The predicted octanol–water partition coefficient (Wildman–Crippen LogP) is 3.98. The molecule has 2 aromatic carbocycles. The molecule has 2 nitrogen and oxygen atoms in total. The fraction of sp³-hybridized carbons (Fsp3) is 0.200. The third-order valence-electron chi connectivity index (χ3n) is 2.69. The molecule has 19 heavy (non-hydrogen) atoms. The Morgan fingerprint density at radius 3 is 2.63 bits per heavy atom. The first-order chi connectivity index (χ1) is 9.22. The fourth-order valence-electron chi connectivity index (χ4n) is 1.77. The standard InChI is InChI=1S/C15H15F2NO/c1-2-19-14-9-4-3-8-13(14)18-10-11-6-5-7-12(16)15(11)17/h3-9,18H,2,10H2,1H3. The normalized spacial score (nSPS) is 10.3. The number of rotatable bonds is 5. The van der Waals surface area contributed by atoms with Gasteiger partial charge in [-0.2, -0.15) is 0 Å². The monoisotopic (exact) mass is 263 g/mol. The van der Waals surface area contributed by atoms with Crippen LogP contribution in [0.4, 0.5) is 14.5 Å². The van der Waals surface area contributed by atoms with Crippen molar-refractivity contribution >= 4 is 5.69 Å². The lowest BCUT2D eigenvalue weighted by Gasteiger charge is -2.12. The second-order valence-electron chi connectivity index (χ2n) is 4.00. The molecule has 4 heteroatoms. The first-order valence-electron chi connectivity index (χ1n) is 6.11. The highest BCUT2D eigenvalue weighted by atomic mass is 19.2.